The normalized spacial score (nSPS) is 11.1. The van der Waals surface area contributed by atoms with Crippen LogP contribution < -0.4 is 4.72 Å². The van der Waals surface area contributed by atoms with E-state index in [-0.39, 0.29) is 10.7 Å². The number of anilines is 1. The van der Waals surface area contributed by atoms with Crippen LogP contribution in [0.4, 0.5) is 5.69 Å². The molecule has 1 N–H and O–H groups in total. The van der Waals surface area contributed by atoms with Crippen LogP contribution in [0.25, 0.3) is 22.3 Å². The zero-order valence-electron chi connectivity index (χ0n) is 16.9. The molecule has 0 atom stereocenters. The summed E-state index contributed by atoms with van der Waals surface area (Å²) in [5.74, 6) is 0.0522. The summed E-state index contributed by atoms with van der Waals surface area (Å²) in [6.07, 6.45) is 0. The van der Waals surface area contributed by atoms with Gasteiger partial charge in [0.25, 0.3) is 10.0 Å². The summed E-state index contributed by atoms with van der Waals surface area (Å²) in [6, 6.07) is 31.2. The highest BCUT2D eigenvalue weighted by Crippen LogP contribution is 2.27. The number of carbonyl (C=O) groups excluding carboxylic acids is 1. The Morgan fingerprint density at radius 2 is 1.03 bits per heavy atom. The van der Waals surface area contributed by atoms with Gasteiger partial charge in [-0.3, -0.25) is 9.52 Å². The Hall–Kier alpha value is -3.70. The topological polar surface area (TPSA) is 63.2 Å². The van der Waals surface area contributed by atoms with Gasteiger partial charge in [0.2, 0.25) is 0 Å². The lowest BCUT2D eigenvalue weighted by Gasteiger charge is -2.09. The fourth-order valence-electron chi connectivity index (χ4n) is 3.30. The molecular formula is C26H21NO3S. The molecule has 0 amide bonds. The highest BCUT2D eigenvalue weighted by Gasteiger charge is 2.13. The van der Waals surface area contributed by atoms with Crippen molar-refractivity contribution >= 4 is 21.5 Å². The van der Waals surface area contributed by atoms with Gasteiger partial charge in [-0.05, 0) is 53.4 Å². The van der Waals surface area contributed by atoms with E-state index in [1.54, 1.807) is 49.4 Å². The van der Waals surface area contributed by atoms with Crippen LogP contribution in [0.1, 0.15) is 17.3 Å². The average molecular weight is 428 g/mol. The molecule has 0 unspecified atom stereocenters. The van der Waals surface area contributed by atoms with Crippen molar-refractivity contribution in [2.75, 3.05) is 4.72 Å². The van der Waals surface area contributed by atoms with E-state index < -0.39 is 10.0 Å². The van der Waals surface area contributed by atoms with E-state index in [2.05, 4.69) is 4.72 Å². The summed E-state index contributed by atoms with van der Waals surface area (Å²) in [6.45, 7) is 1.56. The van der Waals surface area contributed by atoms with Crippen molar-refractivity contribution in [1.82, 2.24) is 0 Å². The van der Waals surface area contributed by atoms with Gasteiger partial charge in [0.1, 0.15) is 0 Å². The largest absolute Gasteiger partial charge is 0.295 e. The molecule has 0 saturated carbocycles. The zero-order valence-corrected chi connectivity index (χ0v) is 17.8. The van der Waals surface area contributed by atoms with Gasteiger partial charge < -0.3 is 0 Å². The molecular weight excluding hydrogens is 406 g/mol. The number of Topliss-reactive ketones (excluding diaryl/α,β-unsaturated/α-hetero) is 1. The Kier molecular flexibility index (Phi) is 5.69. The minimum atomic E-state index is -3.61. The molecule has 0 spiro atoms. The predicted molar refractivity (Wildman–Crippen MR) is 125 cm³/mol. The molecule has 154 valence electrons. The number of benzene rings is 4. The molecule has 4 rings (SSSR count). The summed E-state index contributed by atoms with van der Waals surface area (Å²) in [5, 5.41) is 0. The van der Waals surface area contributed by atoms with Gasteiger partial charge in [0.15, 0.2) is 5.78 Å². The third-order valence-electron chi connectivity index (χ3n) is 5.03. The molecule has 0 fully saturated rings. The molecule has 4 nitrogen and oxygen atoms in total. The Balaban J connectivity index is 1.50. The van der Waals surface area contributed by atoms with Crippen LogP contribution in [-0.4, -0.2) is 14.2 Å². The first-order valence-electron chi connectivity index (χ1n) is 9.82. The molecule has 4 aromatic rings. The maximum absolute atomic E-state index is 12.5. The van der Waals surface area contributed by atoms with Crippen LogP contribution in [-0.2, 0) is 10.0 Å². The van der Waals surface area contributed by atoms with Crippen molar-refractivity contribution in [3.05, 3.63) is 109 Å². The summed E-state index contributed by atoms with van der Waals surface area (Å²) in [5.41, 5.74) is 5.33. The molecule has 5 heteroatoms. The Morgan fingerprint density at radius 1 is 0.613 bits per heavy atom. The Labute approximate surface area is 182 Å². The molecule has 0 aliphatic rings. The van der Waals surface area contributed by atoms with E-state index in [0.29, 0.717) is 11.3 Å². The zero-order chi connectivity index (χ0) is 21.8. The Bertz CT molecular complexity index is 1290. The van der Waals surface area contributed by atoms with Gasteiger partial charge in [-0.1, -0.05) is 78.9 Å². The van der Waals surface area contributed by atoms with E-state index in [0.717, 1.165) is 22.3 Å². The van der Waals surface area contributed by atoms with Crippen molar-refractivity contribution in [2.45, 2.75) is 11.8 Å². The molecule has 0 aliphatic heterocycles. The number of nitrogens with one attached hydrogen (secondary N) is 1. The minimum absolute atomic E-state index is 0.0522. The second-order valence-corrected chi connectivity index (χ2v) is 8.89. The monoisotopic (exact) mass is 427 g/mol. The number of carbonyl (C=O) groups is 1. The molecule has 0 aromatic heterocycles. The maximum atomic E-state index is 12.5. The average Bonchev–Trinajstić information content (AvgIpc) is 2.80. The number of hydrogen-bond acceptors (Lipinski definition) is 3. The summed E-state index contributed by atoms with van der Waals surface area (Å²) in [7, 11) is -3.61. The van der Waals surface area contributed by atoms with Gasteiger partial charge in [0.05, 0.1) is 4.90 Å². The SMILES string of the molecule is CC(=O)c1ccc(-c2ccc(-c3ccc(NS(=O)(=O)c4ccccc4)cc3)cc2)cc1. The summed E-state index contributed by atoms with van der Waals surface area (Å²) >= 11 is 0. The van der Waals surface area contributed by atoms with E-state index in [4.69, 9.17) is 0 Å². The quantitative estimate of drug-likeness (QED) is 0.383. The maximum Gasteiger partial charge on any atom is 0.261 e. The number of sulfonamides is 1. The van der Waals surface area contributed by atoms with Crippen LogP contribution in [0.2, 0.25) is 0 Å². The lowest BCUT2D eigenvalue weighted by atomic mass is 9.99. The second-order valence-electron chi connectivity index (χ2n) is 7.21. The molecule has 0 radical (unpaired) electrons. The molecule has 0 aliphatic carbocycles. The number of rotatable bonds is 6. The smallest absolute Gasteiger partial charge is 0.261 e. The van der Waals surface area contributed by atoms with Crippen molar-refractivity contribution in [3.63, 3.8) is 0 Å². The fourth-order valence-corrected chi connectivity index (χ4v) is 4.38. The van der Waals surface area contributed by atoms with Crippen LogP contribution in [0.15, 0.2) is 108 Å². The highest BCUT2D eigenvalue weighted by molar-refractivity contribution is 7.92. The molecule has 0 bridgehead atoms. The van der Waals surface area contributed by atoms with E-state index in [1.807, 2.05) is 60.7 Å². The van der Waals surface area contributed by atoms with E-state index in [9.17, 15) is 13.2 Å². The lowest BCUT2D eigenvalue weighted by Crippen LogP contribution is -2.12. The van der Waals surface area contributed by atoms with Gasteiger partial charge in [0, 0.05) is 11.3 Å². The minimum Gasteiger partial charge on any atom is -0.295 e. The van der Waals surface area contributed by atoms with Crippen LogP contribution in [0.5, 0.6) is 0 Å². The van der Waals surface area contributed by atoms with Gasteiger partial charge in [-0.2, -0.15) is 0 Å². The molecule has 0 saturated heterocycles. The highest BCUT2D eigenvalue weighted by atomic mass is 32.2. The van der Waals surface area contributed by atoms with Gasteiger partial charge in [-0.25, -0.2) is 8.42 Å². The summed E-state index contributed by atoms with van der Waals surface area (Å²) < 4.78 is 27.5. The number of ketones is 1. The van der Waals surface area contributed by atoms with Crippen LogP contribution in [0, 0.1) is 0 Å². The molecule has 0 heterocycles. The van der Waals surface area contributed by atoms with Crippen molar-refractivity contribution < 1.29 is 13.2 Å². The van der Waals surface area contributed by atoms with Gasteiger partial charge >= 0.3 is 0 Å². The predicted octanol–water partition coefficient (Wildman–Crippen LogP) is 6.02. The lowest BCUT2D eigenvalue weighted by molar-refractivity contribution is 0.101. The first-order valence-corrected chi connectivity index (χ1v) is 11.3. The van der Waals surface area contributed by atoms with Crippen LogP contribution in [0.3, 0.4) is 0 Å². The molecule has 31 heavy (non-hydrogen) atoms. The van der Waals surface area contributed by atoms with Crippen molar-refractivity contribution in [2.24, 2.45) is 0 Å². The van der Waals surface area contributed by atoms with E-state index >= 15 is 0 Å². The number of hydrogen-bond donors (Lipinski definition) is 1. The van der Waals surface area contributed by atoms with E-state index in [1.165, 1.54) is 0 Å². The fraction of sp³-hybridized carbons (Fsp3) is 0.0385. The molecule has 4 aromatic carbocycles. The second kappa shape index (κ2) is 8.58. The van der Waals surface area contributed by atoms with Gasteiger partial charge in [-0.15, -0.1) is 0 Å². The first kappa shape index (κ1) is 20.6. The third kappa shape index (κ3) is 4.73. The van der Waals surface area contributed by atoms with Crippen LogP contribution >= 0.6 is 0 Å². The van der Waals surface area contributed by atoms with Crippen molar-refractivity contribution in [1.29, 1.82) is 0 Å². The third-order valence-corrected chi connectivity index (χ3v) is 6.43. The standard InChI is InChI=1S/C26H21NO3S/c1-19(28)20-7-9-21(10-8-20)22-11-13-23(14-12-22)24-15-17-25(18-16-24)27-31(29,30)26-5-3-2-4-6-26/h2-18,27H,1H3. The summed E-state index contributed by atoms with van der Waals surface area (Å²) in [4.78, 5) is 11.7. The van der Waals surface area contributed by atoms with Crippen molar-refractivity contribution in [3.8, 4) is 22.3 Å². The Morgan fingerprint density at radius 3 is 1.48 bits per heavy atom. The first-order chi connectivity index (χ1) is 14.9.